The van der Waals surface area contributed by atoms with Crippen LogP contribution in [0.15, 0.2) is 72.8 Å². The van der Waals surface area contributed by atoms with Crippen LogP contribution in [0.1, 0.15) is 16.7 Å². The highest BCUT2D eigenvalue weighted by Crippen LogP contribution is 2.24. The zero-order valence-electron chi connectivity index (χ0n) is 15.3. The van der Waals surface area contributed by atoms with Crippen molar-refractivity contribution >= 4 is 29.2 Å². The Bertz CT molecular complexity index is 993. The third-order valence-corrected chi connectivity index (χ3v) is 4.33. The molecule has 0 heterocycles. The topological polar surface area (TPSA) is 55.8 Å². The third kappa shape index (κ3) is 5.15. The lowest BCUT2D eigenvalue weighted by atomic mass is 10.0. The summed E-state index contributed by atoms with van der Waals surface area (Å²) >= 11 is 5.99. The highest BCUT2D eigenvalue weighted by Gasteiger charge is 2.11. The minimum Gasteiger partial charge on any atom is -0.497 e. The number of carboxylic acids is 1. The summed E-state index contributed by atoms with van der Waals surface area (Å²) in [4.78, 5) is 11.7. The van der Waals surface area contributed by atoms with Gasteiger partial charge in [-0.2, -0.15) is 0 Å². The fraction of sp³-hybridized carbons (Fsp3) is 0.0870. The Labute approximate surface area is 168 Å². The van der Waals surface area contributed by atoms with Gasteiger partial charge in [0.1, 0.15) is 18.1 Å². The van der Waals surface area contributed by atoms with E-state index in [1.54, 1.807) is 43.5 Å². The lowest BCUT2D eigenvalue weighted by molar-refractivity contribution is -0.130. The molecule has 5 heteroatoms. The van der Waals surface area contributed by atoms with Gasteiger partial charge in [0.25, 0.3) is 0 Å². The average Bonchev–Trinajstić information content (AvgIpc) is 2.71. The van der Waals surface area contributed by atoms with Gasteiger partial charge in [-0.15, -0.1) is 0 Å². The van der Waals surface area contributed by atoms with Crippen LogP contribution in [-0.4, -0.2) is 18.2 Å². The molecule has 0 unspecified atom stereocenters. The van der Waals surface area contributed by atoms with Gasteiger partial charge in [-0.05, 0) is 59.2 Å². The molecule has 0 fully saturated rings. The molecule has 0 bridgehead atoms. The number of halogens is 1. The highest BCUT2D eigenvalue weighted by atomic mass is 35.5. The number of methoxy groups -OCH3 is 1. The van der Waals surface area contributed by atoms with E-state index in [9.17, 15) is 9.90 Å². The van der Waals surface area contributed by atoms with Crippen molar-refractivity contribution in [3.63, 3.8) is 0 Å². The van der Waals surface area contributed by atoms with Crippen LogP contribution in [0.3, 0.4) is 0 Å². The molecule has 3 aromatic carbocycles. The number of benzene rings is 3. The minimum atomic E-state index is -1.00. The summed E-state index contributed by atoms with van der Waals surface area (Å²) in [6.07, 6.45) is 1.62. The van der Waals surface area contributed by atoms with E-state index in [-0.39, 0.29) is 5.57 Å². The lowest BCUT2D eigenvalue weighted by Gasteiger charge is -2.08. The molecule has 0 aliphatic carbocycles. The van der Waals surface area contributed by atoms with Crippen molar-refractivity contribution < 1.29 is 19.4 Å². The SMILES string of the molecule is COc1ccc(/C(=C/c2cccc(OCc3cccc(Cl)c3)c2)C(=O)O)cc1. The average molecular weight is 395 g/mol. The van der Waals surface area contributed by atoms with Crippen molar-refractivity contribution in [3.05, 3.63) is 94.5 Å². The molecular formula is C23H19ClO4. The Balaban J connectivity index is 1.81. The summed E-state index contributed by atoms with van der Waals surface area (Å²) in [5, 5.41) is 10.3. The van der Waals surface area contributed by atoms with Gasteiger partial charge >= 0.3 is 5.97 Å². The molecule has 142 valence electrons. The summed E-state index contributed by atoms with van der Waals surface area (Å²) in [6, 6.07) is 21.7. The molecule has 28 heavy (non-hydrogen) atoms. The van der Waals surface area contributed by atoms with Crippen molar-refractivity contribution in [2.45, 2.75) is 6.61 Å². The smallest absolute Gasteiger partial charge is 0.336 e. The maximum absolute atomic E-state index is 11.7. The predicted molar refractivity (Wildman–Crippen MR) is 111 cm³/mol. The van der Waals surface area contributed by atoms with Crippen molar-refractivity contribution in [1.82, 2.24) is 0 Å². The quantitative estimate of drug-likeness (QED) is 0.421. The number of ether oxygens (including phenoxy) is 2. The maximum atomic E-state index is 11.7. The van der Waals surface area contributed by atoms with E-state index in [0.717, 1.165) is 11.1 Å². The fourth-order valence-electron chi connectivity index (χ4n) is 2.69. The summed E-state index contributed by atoms with van der Waals surface area (Å²) in [7, 11) is 1.57. The van der Waals surface area contributed by atoms with E-state index >= 15 is 0 Å². The van der Waals surface area contributed by atoms with Gasteiger partial charge in [0.15, 0.2) is 0 Å². The first kappa shape index (κ1) is 19.5. The number of carboxylic acid groups (broad SMARTS) is 1. The summed E-state index contributed by atoms with van der Waals surface area (Å²) in [5.41, 5.74) is 2.47. The molecule has 4 nitrogen and oxygen atoms in total. The lowest BCUT2D eigenvalue weighted by Crippen LogP contribution is -2.00. The Kier molecular flexibility index (Phi) is 6.35. The van der Waals surface area contributed by atoms with E-state index < -0.39 is 5.97 Å². The summed E-state index contributed by atoms with van der Waals surface area (Å²) in [5.74, 6) is 0.313. The summed E-state index contributed by atoms with van der Waals surface area (Å²) in [6.45, 7) is 0.373. The molecule has 0 saturated heterocycles. The van der Waals surface area contributed by atoms with Gasteiger partial charge in [0.05, 0.1) is 12.7 Å². The second kappa shape index (κ2) is 9.11. The number of hydrogen-bond acceptors (Lipinski definition) is 3. The van der Waals surface area contributed by atoms with Crippen LogP contribution in [0.25, 0.3) is 11.6 Å². The number of hydrogen-bond donors (Lipinski definition) is 1. The normalized spacial score (nSPS) is 11.1. The Hall–Kier alpha value is -3.24. The van der Waals surface area contributed by atoms with Gasteiger partial charge in [0.2, 0.25) is 0 Å². The van der Waals surface area contributed by atoms with Crippen molar-refractivity contribution in [2.75, 3.05) is 7.11 Å². The Morgan fingerprint density at radius 2 is 1.75 bits per heavy atom. The standard InChI is InChI=1S/C23H19ClO4/c1-27-20-10-8-18(9-11-20)22(23(25)26)14-16-4-3-7-21(13-16)28-15-17-5-2-6-19(24)12-17/h2-14H,15H2,1H3,(H,25,26)/b22-14-. The number of rotatable bonds is 7. The van der Waals surface area contributed by atoms with E-state index in [1.807, 2.05) is 42.5 Å². The molecular weight excluding hydrogens is 376 g/mol. The Morgan fingerprint density at radius 1 is 1.00 bits per heavy atom. The molecule has 0 aliphatic rings. The van der Waals surface area contributed by atoms with Crippen LogP contribution in [0.5, 0.6) is 11.5 Å². The van der Waals surface area contributed by atoms with Gasteiger partial charge in [-0.3, -0.25) is 0 Å². The van der Waals surface area contributed by atoms with E-state index in [0.29, 0.717) is 28.7 Å². The van der Waals surface area contributed by atoms with Crippen molar-refractivity contribution in [1.29, 1.82) is 0 Å². The van der Waals surface area contributed by atoms with Gasteiger partial charge in [-0.25, -0.2) is 4.79 Å². The maximum Gasteiger partial charge on any atom is 0.336 e. The van der Waals surface area contributed by atoms with Crippen LogP contribution in [-0.2, 0) is 11.4 Å². The summed E-state index contributed by atoms with van der Waals surface area (Å²) < 4.78 is 10.9. The van der Waals surface area contributed by atoms with E-state index in [1.165, 1.54) is 0 Å². The molecule has 0 saturated carbocycles. The fourth-order valence-corrected chi connectivity index (χ4v) is 2.91. The van der Waals surface area contributed by atoms with Crippen molar-refractivity contribution in [2.24, 2.45) is 0 Å². The first-order valence-electron chi connectivity index (χ1n) is 8.62. The van der Waals surface area contributed by atoms with Crippen molar-refractivity contribution in [3.8, 4) is 11.5 Å². The van der Waals surface area contributed by atoms with Crippen LogP contribution in [0.4, 0.5) is 0 Å². The molecule has 3 aromatic rings. The van der Waals surface area contributed by atoms with Gasteiger partial charge < -0.3 is 14.6 Å². The van der Waals surface area contributed by atoms with E-state index in [4.69, 9.17) is 21.1 Å². The van der Waals surface area contributed by atoms with Gasteiger partial charge in [-0.1, -0.05) is 48.0 Å². The van der Waals surface area contributed by atoms with Crippen LogP contribution in [0.2, 0.25) is 5.02 Å². The molecule has 0 amide bonds. The minimum absolute atomic E-state index is 0.189. The number of carbonyl (C=O) groups is 1. The van der Waals surface area contributed by atoms with Crippen LogP contribution in [0, 0.1) is 0 Å². The largest absolute Gasteiger partial charge is 0.497 e. The molecule has 1 N–H and O–H groups in total. The second-order valence-electron chi connectivity index (χ2n) is 6.08. The molecule has 0 radical (unpaired) electrons. The molecule has 0 spiro atoms. The molecule has 3 rings (SSSR count). The zero-order valence-corrected chi connectivity index (χ0v) is 16.0. The third-order valence-electron chi connectivity index (χ3n) is 4.10. The Morgan fingerprint density at radius 3 is 2.43 bits per heavy atom. The molecule has 0 atom stereocenters. The monoisotopic (exact) mass is 394 g/mol. The van der Waals surface area contributed by atoms with Gasteiger partial charge in [0, 0.05) is 5.02 Å². The first-order chi connectivity index (χ1) is 13.5. The second-order valence-corrected chi connectivity index (χ2v) is 6.52. The van der Waals surface area contributed by atoms with Crippen LogP contribution < -0.4 is 9.47 Å². The molecule has 0 aliphatic heterocycles. The van der Waals surface area contributed by atoms with Crippen LogP contribution >= 0.6 is 11.6 Å². The first-order valence-corrected chi connectivity index (χ1v) is 8.99. The zero-order chi connectivity index (χ0) is 19.9. The highest BCUT2D eigenvalue weighted by molar-refractivity contribution is 6.30. The predicted octanol–water partition coefficient (Wildman–Crippen LogP) is 5.55. The molecule has 0 aromatic heterocycles. The number of aliphatic carboxylic acids is 1. The van der Waals surface area contributed by atoms with E-state index in [2.05, 4.69) is 0 Å².